The predicted molar refractivity (Wildman–Crippen MR) is 70.7 cm³/mol. The van der Waals surface area contributed by atoms with Gasteiger partial charge in [-0.15, -0.1) is 0 Å². The van der Waals surface area contributed by atoms with Gasteiger partial charge in [0.2, 0.25) is 0 Å². The molecule has 0 bridgehead atoms. The summed E-state index contributed by atoms with van der Waals surface area (Å²) >= 11 is 0. The quantitative estimate of drug-likeness (QED) is 0.615. The Morgan fingerprint density at radius 3 is 1.62 bits per heavy atom. The van der Waals surface area contributed by atoms with E-state index in [-0.39, 0.29) is 0 Å². The average Bonchev–Trinajstić information content (AvgIpc) is 2.31. The van der Waals surface area contributed by atoms with Crippen molar-refractivity contribution in [2.24, 2.45) is 5.92 Å². The molecule has 1 aliphatic carbocycles. The molecule has 0 aromatic carbocycles. The fourth-order valence-electron chi connectivity index (χ4n) is 2.78. The lowest BCUT2D eigenvalue weighted by atomic mass is 9.97. The van der Waals surface area contributed by atoms with Crippen LogP contribution >= 0.6 is 0 Å². The van der Waals surface area contributed by atoms with Gasteiger partial charge in [-0.2, -0.15) is 0 Å². The second kappa shape index (κ2) is 9.04. The summed E-state index contributed by atoms with van der Waals surface area (Å²) in [5.74, 6) is 0.957. The van der Waals surface area contributed by atoms with Crippen LogP contribution in [0, 0.1) is 5.92 Å². The minimum atomic E-state index is 0.540. The Balaban J connectivity index is 2.25. The van der Waals surface area contributed by atoms with Gasteiger partial charge in [0.05, 0.1) is 6.10 Å². The van der Waals surface area contributed by atoms with Crippen LogP contribution in [0.4, 0.5) is 0 Å². The van der Waals surface area contributed by atoms with E-state index < -0.39 is 0 Å². The summed E-state index contributed by atoms with van der Waals surface area (Å²) < 4.78 is 5.55. The summed E-state index contributed by atoms with van der Waals surface area (Å²) in [6.45, 7) is 2.43. The molecule has 0 saturated heterocycles. The molecule has 16 heavy (non-hydrogen) atoms. The first-order valence-electron chi connectivity index (χ1n) is 7.35. The van der Waals surface area contributed by atoms with Gasteiger partial charge >= 0.3 is 0 Å². The van der Waals surface area contributed by atoms with E-state index >= 15 is 0 Å². The van der Waals surface area contributed by atoms with Crippen molar-refractivity contribution in [1.82, 2.24) is 0 Å². The first kappa shape index (κ1) is 14.0. The monoisotopic (exact) mass is 226 g/mol. The zero-order valence-corrected chi connectivity index (χ0v) is 11.3. The van der Waals surface area contributed by atoms with Crippen LogP contribution in [0.2, 0.25) is 0 Å². The second-order valence-corrected chi connectivity index (χ2v) is 5.59. The predicted octanol–water partition coefficient (Wildman–Crippen LogP) is 4.94. The highest BCUT2D eigenvalue weighted by molar-refractivity contribution is 4.62. The topological polar surface area (TPSA) is 9.23 Å². The highest BCUT2D eigenvalue weighted by Crippen LogP contribution is 2.21. The third-order valence-corrected chi connectivity index (χ3v) is 4.03. The van der Waals surface area contributed by atoms with Gasteiger partial charge in [0.1, 0.15) is 0 Å². The number of methoxy groups -OCH3 is 1. The molecule has 0 spiro atoms. The molecular weight excluding hydrogens is 196 g/mol. The minimum absolute atomic E-state index is 0.540. The molecule has 0 amide bonds. The molecule has 2 unspecified atom stereocenters. The number of hydrogen-bond donors (Lipinski definition) is 0. The maximum atomic E-state index is 5.55. The van der Waals surface area contributed by atoms with Crippen molar-refractivity contribution in [2.75, 3.05) is 7.11 Å². The first-order valence-corrected chi connectivity index (χ1v) is 7.35. The average molecular weight is 226 g/mol. The van der Waals surface area contributed by atoms with Crippen molar-refractivity contribution in [3.05, 3.63) is 0 Å². The third-order valence-electron chi connectivity index (χ3n) is 4.03. The van der Waals surface area contributed by atoms with Crippen LogP contribution in [0.25, 0.3) is 0 Å². The molecule has 0 heterocycles. The van der Waals surface area contributed by atoms with Gasteiger partial charge in [-0.1, -0.05) is 64.7 Å². The molecule has 1 rings (SSSR count). The van der Waals surface area contributed by atoms with Gasteiger partial charge < -0.3 is 4.74 Å². The summed E-state index contributed by atoms with van der Waals surface area (Å²) in [7, 11) is 1.88. The van der Waals surface area contributed by atoms with Crippen molar-refractivity contribution >= 4 is 0 Å². The molecule has 0 aromatic rings. The van der Waals surface area contributed by atoms with Crippen LogP contribution in [0.3, 0.4) is 0 Å². The minimum Gasteiger partial charge on any atom is -0.381 e. The molecule has 96 valence electrons. The SMILES string of the molecule is COC1CCCCCCC(C)CCCCC1. The summed E-state index contributed by atoms with van der Waals surface area (Å²) in [6, 6.07) is 0. The van der Waals surface area contributed by atoms with Crippen molar-refractivity contribution in [3.63, 3.8) is 0 Å². The summed E-state index contributed by atoms with van der Waals surface area (Å²) in [5, 5.41) is 0. The molecule has 1 aliphatic rings. The molecule has 2 atom stereocenters. The third kappa shape index (κ3) is 6.52. The van der Waals surface area contributed by atoms with E-state index in [1.807, 2.05) is 7.11 Å². The van der Waals surface area contributed by atoms with Crippen LogP contribution in [0.5, 0.6) is 0 Å². The largest absolute Gasteiger partial charge is 0.381 e. The highest BCUT2D eigenvalue weighted by Gasteiger charge is 2.08. The Morgan fingerprint density at radius 1 is 0.688 bits per heavy atom. The van der Waals surface area contributed by atoms with Crippen LogP contribution in [-0.4, -0.2) is 13.2 Å². The molecule has 0 aliphatic heterocycles. The van der Waals surface area contributed by atoms with E-state index in [0.717, 1.165) is 5.92 Å². The van der Waals surface area contributed by atoms with Gasteiger partial charge in [0.25, 0.3) is 0 Å². The Morgan fingerprint density at radius 2 is 1.12 bits per heavy atom. The fraction of sp³-hybridized carbons (Fsp3) is 1.00. The van der Waals surface area contributed by atoms with Gasteiger partial charge in [0.15, 0.2) is 0 Å². The Bertz CT molecular complexity index is 156. The Hall–Kier alpha value is -0.0400. The Kier molecular flexibility index (Phi) is 7.92. The first-order chi connectivity index (χ1) is 7.83. The molecule has 0 radical (unpaired) electrons. The molecule has 1 saturated carbocycles. The van der Waals surface area contributed by atoms with Crippen LogP contribution in [0.1, 0.15) is 77.6 Å². The van der Waals surface area contributed by atoms with Crippen molar-refractivity contribution in [2.45, 2.75) is 83.7 Å². The maximum absolute atomic E-state index is 5.55. The van der Waals surface area contributed by atoms with Gasteiger partial charge in [-0.05, 0) is 18.8 Å². The summed E-state index contributed by atoms with van der Waals surface area (Å²) in [4.78, 5) is 0. The molecule has 0 aromatic heterocycles. The maximum Gasteiger partial charge on any atom is 0.0571 e. The fourth-order valence-corrected chi connectivity index (χ4v) is 2.78. The van der Waals surface area contributed by atoms with Crippen molar-refractivity contribution in [3.8, 4) is 0 Å². The van der Waals surface area contributed by atoms with E-state index in [2.05, 4.69) is 6.92 Å². The lowest BCUT2D eigenvalue weighted by molar-refractivity contribution is 0.0833. The van der Waals surface area contributed by atoms with E-state index in [9.17, 15) is 0 Å². The lowest BCUT2D eigenvalue weighted by Gasteiger charge is -2.14. The van der Waals surface area contributed by atoms with E-state index in [4.69, 9.17) is 4.74 Å². The molecule has 0 N–H and O–H groups in total. The lowest BCUT2D eigenvalue weighted by Crippen LogP contribution is -2.10. The zero-order valence-electron chi connectivity index (χ0n) is 11.3. The van der Waals surface area contributed by atoms with Crippen molar-refractivity contribution < 1.29 is 4.74 Å². The number of hydrogen-bond acceptors (Lipinski definition) is 1. The van der Waals surface area contributed by atoms with E-state index in [1.165, 1.54) is 70.6 Å². The Labute approximate surface area is 102 Å². The zero-order chi connectivity index (χ0) is 11.6. The summed E-state index contributed by atoms with van der Waals surface area (Å²) in [5.41, 5.74) is 0. The standard InChI is InChI=1S/C15H30O/c1-14-10-6-3-4-8-12-15(16-2)13-9-5-7-11-14/h14-15H,3-13H2,1-2H3. The van der Waals surface area contributed by atoms with Crippen LogP contribution in [-0.2, 0) is 4.74 Å². The van der Waals surface area contributed by atoms with Gasteiger partial charge in [-0.25, -0.2) is 0 Å². The van der Waals surface area contributed by atoms with Crippen LogP contribution in [0.15, 0.2) is 0 Å². The second-order valence-electron chi connectivity index (χ2n) is 5.59. The summed E-state index contributed by atoms with van der Waals surface area (Å²) in [6.07, 6.45) is 15.9. The van der Waals surface area contributed by atoms with Gasteiger partial charge in [0, 0.05) is 7.11 Å². The number of rotatable bonds is 1. The van der Waals surface area contributed by atoms with E-state index in [0.29, 0.717) is 6.10 Å². The van der Waals surface area contributed by atoms with E-state index in [1.54, 1.807) is 0 Å². The molecule has 1 fully saturated rings. The van der Waals surface area contributed by atoms with Crippen molar-refractivity contribution in [1.29, 1.82) is 0 Å². The van der Waals surface area contributed by atoms with Crippen LogP contribution < -0.4 is 0 Å². The number of ether oxygens (including phenoxy) is 1. The molecule has 1 nitrogen and oxygen atoms in total. The van der Waals surface area contributed by atoms with Gasteiger partial charge in [-0.3, -0.25) is 0 Å². The molecule has 1 heteroatoms. The molecular formula is C15H30O. The smallest absolute Gasteiger partial charge is 0.0571 e. The normalized spacial score (nSPS) is 31.1. The highest BCUT2D eigenvalue weighted by atomic mass is 16.5.